The van der Waals surface area contributed by atoms with Crippen molar-refractivity contribution in [1.82, 2.24) is 4.90 Å². The van der Waals surface area contributed by atoms with E-state index in [1.165, 1.54) is 0 Å². The molecule has 16 heavy (non-hydrogen) atoms. The van der Waals surface area contributed by atoms with Crippen molar-refractivity contribution in [1.29, 1.82) is 0 Å². The van der Waals surface area contributed by atoms with Gasteiger partial charge in [0.15, 0.2) is 0 Å². The lowest BCUT2D eigenvalue weighted by molar-refractivity contribution is -0.140. The number of carbonyl (C=O) groups excluding carboxylic acids is 1. The van der Waals surface area contributed by atoms with Gasteiger partial charge < -0.3 is 14.7 Å². The Hall–Kier alpha value is -1.10. The minimum Gasteiger partial charge on any atom is -0.481 e. The minimum absolute atomic E-state index is 0.0711. The number of carboxylic acids is 1. The van der Waals surface area contributed by atoms with Crippen LogP contribution in [-0.2, 0) is 14.3 Å². The first kappa shape index (κ1) is 14.9. The molecular weight excluding hydrogens is 210 g/mol. The van der Waals surface area contributed by atoms with Gasteiger partial charge in [0.1, 0.15) is 6.61 Å². The molecule has 0 heterocycles. The molecule has 0 saturated heterocycles. The lowest BCUT2D eigenvalue weighted by Crippen LogP contribution is -2.40. The van der Waals surface area contributed by atoms with Crippen molar-refractivity contribution in [3.8, 4) is 0 Å². The number of hydrogen-bond donors (Lipinski definition) is 1. The molecule has 94 valence electrons. The van der Waals surface area contributed by atoms with Crippen LogP contribution in [0.4, 0.5) is 0 Å². The molecule has 0 radical (unpaired) electrons. The predicted molar refractivity (Wildman–Crippen MR) is 60.2 cm³/mol. The monoisotopic (exact) mass is 231 g/mol. The predicted octanol–water partition coefficient (Wildman–Crippen LogP) is 1.12. The molecule has 0 spiro atoms. The van der Waals surface area contributed by atoms with Gasteiger partial charge in [-0.05, 0) is 27.2 Å². The Balaban J connectivity index is 4.05. The Bertz CT molecular complexity index is 228. The van der Waals surface area contributed by atoms with Crippen LogP contribution in [0.3, 0.4) is 0 Å². The van der Waals surface area contributed by atoms with Crippen molar-refractivity contribution >= 4 is 11.9 Å². The van der Waals surface area contributed by atoms with Gasteiger partial charge >= 0.3 is 5.97 Å². The maximum absolute atomic E-state index is 11.7. The molecule has 5 heteroatoms. The van der Waals surface area contributed by atoms with E-state index < -0.39 is 5.97 Å². The Morgan fingerprint density at radius 3 is 2.44 bits per heavy atom. The first-order valence-corrected chi connectivity index (χ1v) is 5.58. The van der Waals surface area contributed by atoms with Crippen molar-refractivity contribution in [3.63, 3.8) is 0 Å². The van der Waals surface area contributed by atoms with E-state index in [2.05, 4.69) is 0 Å². The van der Waals surface area contributed by atoms with E-state index in [9.17, 15) is 9.59 Å². The fraction of sp³-hybridized carbons (Fsp3) is 0.818. The van der Waals surface area contributed by atoms with E-state index in [0.29, 0.717) is 19.6 Å². The summed E-state index contributed by atoms with van der Waals surface area (Å²) in [5.74, 6) is -0.914. The Morgan fingerprint density at radius 1 is 1.38 bits per heavy atom. The number of carboxylic acid groups (broad SMARTS) is 1. The van der Waals surface area contributed by atoms with Crippen LogP contribution in [0, 0.1) is 0 Å². The average molecular weight is 231 g/mol. The number of amides is 1. The van der Waals surface area contributed by atoms with Gasteiger partial charge in [-0.25, -0.2) is 0 Å². The zero-order chi connectivity index (χ0) is 12.6. The molecular formula is C11H21NO4. The summed E-state index contributed by atoms with van der Waals surface area (Å²) >= 11 is 0. The molecule has 0 bridgehead atoms. The molecule has 0 aromatic carbocycles. The number of rotatable bonds is 8. The van der Waals surface area contributed by atoms with Crippen LogP contribution in [0.5, 0.6) is 0 Å². The van der Waals surface area contributed by atoms with Gasteiger partial charge in [-0.2, -0.15) is 0 Å². The summed E-state index contributed by atoms with van der Waals surface area (Å²) in [5, 5.41) is 8.52. The number of hydrogen-bond acceptors (Lipinski definition) is 3. The fourth-order valence-electron chi connectivity index (χ4n) is 1.34. The van der Waals surface area contributed by atoms with Gasteiger partial charge in [0.05, 0.1) is 0 Å². The second-order valence-electron chi connectivity index (χ2n) is 3.82. The topological polar surface area (TPSA) is 66.8 Å². The first-order chi connectivity index (χ1) is 7.49. The molecule has 1 amide bonds. The van der Waals surface area contributed by atoms with E-state index in [1.54, 1.807) is 4.90 Å². The van der Waals surface area contributed by atoms with Crippen LogP contribution in [0.1, 0.15) is 33.6 Å². The first-order valence-electron chi connectivity index (χ1n) is 5.58. The molecule has 1 N–H and O–H groups in total. The highest BCUT2D eigenvalue weighted by molar-refractivity contribution is 5.77. The molecule has 0 aliphatic carbocycles. The molecule has 0 fully saturated rings. The molecule has 0 rings (SSSR count). The van der Waals surface area contributed by atoms with Gasteiger partial charge in [0.2, 0.25) is 5.91 Å². The van der Waals surface area contributed by atoms with Crippen LogP contribution >= 0.6 is 0 Å². The molecule has 0 aromatic rings. The van der Waals surface area contributed by atoms with E-state index >= 15 is 0 Å². The van der Waals surface area contributed by atoms with Crippen LogP contribution in [-0.4, -0.2) is 47.7 Å². The highest BCUT2D eigenvalue weighted by Gasteiger charge is 2.16. The lowest BCUT2D eigenvalue weighted by atomic mass is 10.2. The SMILES string of the molecule is CCOCC(=O)N(CCCC(=O)O)C(C)C. The van der Waals surface area contributed by atoms with E-state index in [4.69, 9.17) is 9.84 Å². The van der Waals surface area contributed by atoms with Gasteiger partial charge in [-0.15, -0.1) is 0 Å². The number of aliphatic carboxylic acids is 1. The molecule has 0 atom stereocenters. The van der Waals surface area contributed by atoms with Crippen LogP contribution < -0.4 is 0 Å². The zero-order valence-electron chi connectivity index (χ0n) is 10.2. The maximum Gasteiger partial charge on any atom is 0.303 e. The van der Waals surface area contributed by atoms with Gasteiger partial charge in [-0.3, -0.25) is 9.59 Å². The smallest absolute Gasteiger partial charge is 0.303 e. The van der Waals surface area contributed by atoms with E-state index in [-0.39, 0.29) is 25.0 Å². The largest absolute Gasteiger partial charge is 0.481 e. The summed E-state index contributed by atoms with van der Waals surface area (Å²) in [6.45, 7) is 6.69. The standard InChI is InChI=1S/C11H21NO4/c1-4-16-8-10(13)12(9(2)3)7-5-6-11(14)15/h9H,4-8H2,1-3H3,(H,14,15). The van der Waals surface area contributed by atoms with Crippen molar-refractivity contribution in [2.45, 2.75) is 39.7 Å². The summed E-state index contributed by atoms with van der Waals surface area (Å²) < 4.78 is 5.05. The van der Waals surface area contributed by atoms with E-state index in [1.807, 2.05) is 20.8 Å². The third-order valence-corrected chi connectivity index (χ3v) is 2.16. The molecule has 0 aliphatic rings. The highest BCUT2D eigenvalue weighted by Crippen LogP contribution is 2.03. The lowest BCUT2D eigenvalue weighted by Gasteiger charge is -2.26. The molecule has 0 aliphatic heterocycles. The number of ether oxygens (including phenoxy) is 1. The maximum atomic E-state index is 11.7. The van der Waals surface area contributed by atoms with Crippen molar-refractivity contribution < 1.29 is 19.4 Å². The van der Waals surface area contributed by atoms with Crippen LogP contribution in [0.2, 0.25) is 0 Å². The van der Waals surface area contributed by atoms with Crippen molar-refractivity contribution in [2.24, 2.45) is 0 Å². The van der Waals surface area contributed by atoms with Gasteiger partial charge in [0, 0.05) is 25.6 Å². The Kier molecular flexibility index (Phi) is 7.54. The van der Waals surface area contributed by atoms with Crippen molar-refractivity contribution in [3.05, 3.63) is 0 Å². The summed E-state index contributed by atoms with van der Waals surface area (Å²) in [6, 6.07) is 0.0711. The second kappa shape index (κ2) is 8.10. The Labute approximate surface area is 96.4 Å². The molecule has 0 saturated carbocycles. The second-order valence-corrected chi connectivity index (χ2v) is 3.82. The molecule has 5 nitrogen and oxygen atoms in total. The van der Waals surface area contributed by atoms with E-state index in [0.717, 1.165) is 0 Å². The van der Waals surface area contributed by atoms with Gasteiger partial charge in [-0.1, -0.05) is 0 Å². The number of nitrogens with zero attached hydrogens (tertiary/aromatic N) is 1. The van der Waals surface area contributed by atoms with Crippen molar-refractivity contribution in [2.75, 3.05) is 19.8 Å². The number of carbonyl (C=O) groups is 2. The van der Waals surface area contributed by atoms with Crippen LogP contribution in [0.15, 0.2) is 0 Å². The zero-order valence-corrected chi connectivity index (χ0v) is 10.2. The summed E-state index contributed by atoms with van der Waals surface area (Å²) in [7, 11) is 0. The highest BCUT2D eigenvalue weighted by atomic mass is 16.5. The summed E-state index contributed by atoms with van der Waals surface area (Å²) in [5.41, 5.74) is 0. The van der Waals surface area contributed by atoms with Crippen LogP contribution in [0.25, 0.3) is 0 Å². The average Bonchev–Trinajstić information content (AvgIpc) is 2.20. The quantitative estimate of drug-likeness (QED) is 0.680. The normalized spacial score (nSPS) is 10.5. The minimum atomic E-state index is -0.832. The summed E-state index contributed by atoms with van der Waals surface area (Å²) in [6.07, 6.45) is 0.566. The Morgan fingerprint density at radius 2 is 2.00 bits per heavy atom. The third kappa shape index (κ3) is 6.40. The van der Waals surface area contributed by atoms with Gasteiger partial charge in [0.25, 0.3) is 0 Å². The summed E-state index contributed by atoms with van der Waals surface area (Å²) in [4.78, 5) is 23.7. The fourth-order valence-corrected chi connectivity index (χ4v) is 1.34. The third-order valence-electron chi connectivity index (χ3n) is 2.16. The molecule has 0 unspecified atom stereocenters. The molecule has 0 aromatic heterocycles.